The van der Waals surface area contributed by atoms with Gasteiger partial charge in [-0.2, -0.15) is 0 Å². The van der Waals surface area contributed by atoms with Crippen LogP contribution in [0.4, 0.5) is 0 Å². The van der Waals surface area contributed by atoms with Crippen molar-refractivity contribution in [3.63, 3.8) is 0 Å². The molecule has 6 heteroatoms. The van der Waals surface area contributed by atoms with Crippen molar-refractivity contribution in [2.45, 2.75) is 44.3 Å². The van der Waals surface area contributed by atoms with Crippen molar-refractivity contribution in [3.8, 4) is 0 Å². The van der Waals surface area contributed by atoms with Crippen molar-refractivity contribution in [3.05, 3.63) is 11.6 Å². The molecule has 2 aliphatic rings. The maximum Gasteiger partial charge on any atom is 0.193 e. The number of aliphatic imine (C=N–C) groups is 1. The highest BCUT2D eigenvalue weighted by atomic mass is 32.2. The van der Waals surface area contributed by atoms with E-state index < -0.39 is 14.6 Å². The summed E-state index contributed by atoms with van der Waals surface area (Å²) in [7, 11) is -1.25. The van der Waals surface area contributed by atoms with Gasteiger partial charge in [-0.15, -0.1) is 0 Å². The van der Waals surface area contributed by atoms with Crippen LogP contribution in [0.1, 0.15) is 39.5 Å². The summed E-state index contributed by atoms with van der Waals surface area (Å²) >= 11 is 0. The van der Waals surface area contributed by atoms with Crippen LogP contribution in [0.2, 0.25) is 0 Å². The van der Waals surface area contributed by atoms with E-state index in [0.29, 0.717) is 13.1 Å². The summed E-state index contributed by atoms with van der Waals surface area (Å²) < 4.78 is 23.4. The highest BCUT2D eigenvalue weighted by Gasteiger charge is 2.40. The second kappa shape index (κ2) is 6.38. The van der Waals surface area contributed by atoms with Crippen molar-refractivity contribution in [1.29, 1.82) is 0 Å². The van der Waals surface area contributed by atoms with E-state index >= 15 is 0 Å². The van der Waals surface area contributed by atoms with E-state index in [9.17, 15) is 8.42 Å². The Hall–Kier alpha value is -1.04. The molecule has 0 aromatic carbocycles. The Bertz CT molecular complexity index is 535. The Morgan fingerprint density at radius 1 is 1.48 bits per heavy atom. The minimum atomic E-state index is -3.00. The SMILES string of the molecule is CN=C(NCCC1=CCCC1)N1CCS(=O)(=O)C(C)(C)C1. The van der Waals surface area contributed by atoms with Gasteiger partial charge < -0.3 is 10.2 Å². The Labute approximate surface area is 128 Å². The van der Waals surface area contributed by atoms with Crippen LogP contribution in [0.5, 0.6) is 0 Å². The Morgan fingerprint density at radius 3 is 2.81 bits per heavy atom. The average Bonchev–Trinajstić information content (AvgIpc) is 2.91. The van der Waals surface area contributed by atoms with E-state index in [0.717, 1.165) is 18.9 Å². The molecule has 1 aliphatic heterocycles. The number of sulfone groups is 1. The zero-order chi connectivity index (χ0) is 15.5. The van der Waals surface area contributed by atoms with E-state index in [2.05, 4.69) is 21.3 Å². The van der Waals surface area contributed by atoms with Crippen molar-refractivity contribution in [2.24, 2.45) is 4.99 Å². The summed E-state index contributed by atoms with van der Waals surface area (Å²) in [5.41, 5.74) is 1.53. The summed E-state index contributed by atoms with van der Waals surface area (Å²) in [6.07, 6.45) is 7.09. The molecular weight excluding hydrogens is 286 g/mol. The third kappa shape index (κ3) is 3.78. The zero-order valence-electron chi connectivity index (χ0n) is 13.4. The van der Waals surface area contributed by atoms with Gasteiger partial charge in [-0.25, -0.2) is 8.42 Å². The average molecular weight is 313 g/mol. The maximum atomic E-state index is 12.1. The maximum absolute atomic E-state index is 12.1. The van der Waals surface area contributed by atoms with Crippen LogP contribution >= 0.6 is 0 Å². The number of nitrogens with one attached hydrogen (secondary N) is 1. The van der Waals surface area contributed by atoms with E-state index in [4.69, 9.17) is 0 Å². The highest BCUT2D eigenvalue weighted by molar-refractivity contribution is 7.92. The fourth-order valence-electron chi connectivity index (χ4n) is 2.96. The molecule has 1 fully saturated rings. The molecule has 5 nitrogen and oxygen atoms in total. The molecule has 2 rings (SSSR count). The smallest absolute Gasteiger partial charge is 0.193 e. The number of hydrogen-bond donors (Lipinski definition) is 1. The standard InChI is InChI=1S/C15H27N3O2S/c1-15(2)12-18(10-11-21(15,19)20)14(16-3)17-9-8-13-6-4-5-7-13/h6H,4-5,7-12H2,1-3H3,(H,16,17). The fraction of sp³-hybridized carbons (Fsp3) is 0.800. The minimum absolute atomic E-state index is 0.200. The Kier molecular flexibility index (Phi) is 4.96. The first-order valence-electron chi connectivity index (χ1n) is 7.71. The van der Waals surface area contributed by atoms with Gasteiger partial charge in [0.15, 0.2) is 15.8 Å². The lowest BCUT2D eigenvalue weighted by atomic mass is 10.1. The van der Waals surface area contributed by atoms with Crippen LogP contribution in [0.3, 0.4) is 0 Å². The molecule has 0 aromatic rings. The van der Waals surface area contributed by atoms with Gasteiger partial charge in [-0.3, -0.25) is 4.99 Å². The lowest BCUT2D eigenvalue weighted by molar-refractivity contribution is 0.353. The number of nitrogens with zero attached hydrogens (tertiary/aromatic N) is 2. The number of guanidine groups is 1. The van der Waals surface area contributed by atoms with Gasteiger partial charge >= 0.3 is 0 Å². The quantitative estimate of drug-likeness (QED) is 0.488. The summed E-state index contributed by atoms with van der Waals surface area (Å²) in [6, 6.07) is 0. The molecule has 1 saturated heterocycles. The second-order valence-corrected chi connectivity index (χ2v) is 9.22. The normalized spacial score (nSPS) is 24.8. The van der Waals surface area contributed by atoms with E-state index in [1.807, 2.05) is 0 Å². The fourth-order valence-corrected chi connectivity index (χ4v) is 4.32. The summed E-state index contributed by atoms with van der Waals surface area (Å²) in [5.74, 6) is 1.02. The second-order valence-electron chi connectivity index (χ2n) is 6.48. The van der Waals surface area contributed by atoms with Crippen LogP contribution in [-0.2, 0) is 9.84 Å². The highest BCUT2D eigenvalue weighted by Crippen LogP contribution is 2.24. The van der Waals surface area contributed by atoms with Gasteiger partial charge in [-0.05, 0) is 39.5 Å². The minimum Gasteiger partial charge on any atom is -0.356 e. The Morgan fingerprint density at radius 2 is 2.24 bits per heavy atom. The summed E-state index contributed by atoms with van der Waals surface area (Å²) in [5, 5.41) is 3.37. The van der Waals surface area contributed by atoms with Crippen molar-refractivity contribution in [1.82, 2.24) is 10.2 Å². The third-order valence-corrected chi connectivity index (χ3v) is 6.95. The topological polar surface area (TPSA) is 61.8 Å². The zero-order valence-corrected chi connectivity index (χ0v) is 14.2. The molecule has 21 heavy (non-hydrogen) atoms. The lowest BCUT2D eigenvalue weighted by Gasteiger charge is -2.39. The van der Waals surface area contributed by atoms with E-state index in [1.165, 1.54) is 24.8 Å². The van der Waals surface area contributed by atoms with Crippen molar-refractivity contribution >= 4 is 15.8 Å². The van der Waals surface area contributed by atoms with Crippen molar-refractivity contribution in [2.75, 3.05) is 32.4 Å². The first-order valence-corrected chi connectivity index (χ1v) is 9.37. The summed E-state index contributed by atoms with van der Waals surface area (Å²) in [4.78, 5) is 6.37. The van der Waals surface area contributed by atoms with Gasteiger partial charge in [0.1, 0.15) is 0 Å². The molecule has 120 valence electrons. The monoisotopic (exact) mass is 313 g/mol. The lowest BCUT2D eigenvalue weighted by Crippen LogP contribution is -2.57. The van der Waals surface area contributed by atoms with Crippen molar-refractivity contribution < 1.29 is 8.42 Å². The first-order chi connectivity index (χ1) is 9.86. The predicted molar refractivity (Wildman–Crippen MR) is 87.4 cm³/mol. The predicted octanol–water partition coefficient (Wildman–Crippen LogP) is 1.57. The molecule has 0 saturated carbocycles. The van der Waals surface area contributed by atoms with Gasteiger partial charge in [0.2, 0.25) is 0 Å². The molecule has 0 unspecified atom stereocenters. The van der Waals surface area contributed by atoms with Crippen LogP contribution in [0.15, 0.2) is 16.6 Å². The van der Waals surface area contributed by atoms with Gasteiger partial charge in [-0.1, -0.05) is 11.6 Å². The van der Waals surface area contributed by atoms with E-state index in [-0.39, 0.29) is 5.75 Å². The number of allylic oxidation sites excluding steroid dienone is 1. The molecule has 0 aromatic heterocycles. The van der Waals surface area contributed by atoms with Gasteiger partial charge in [0.05, 0.1) is 10.5 Å². The molecule has 0 radical (unpaired) electrons. The number of hydrogen-bond acceptors (Lipinski definition) is 3. The van der Waals surface area contributed by atoms with E-state index in [1.54, 1.807) is 20.9 Å². The molecular formula is C15H27N3O2S. The largest absolute Gasteiger partial charge is 0.356 e. The van der Waals surface area contributed by atoms with Crippen LogP contribution < -0.4 is 5.32 Å². The molecule has 0 atom stereocenters. The molecule has 0 spiro atoms. The third-order valence-electron chi connectivity index (χ3n) is 4.42. The molecule has 1 aliphatic carbocycles. The number of rotatable bonds is 3. The molecule has 1 heterocycles. The molecule has 0 amide bonds. The van der Waals surface area contributed by atoms with Crippen LogP contribution in [-0.4, -0.2) is 56.5 Å². The molecule has 0 bridgehead atoms. The first kappa shape index (κ1) is 16.3. The Balaban J connectivity index is 1.90. The van der Waals surface area contributed by atoms with Gasteiger partial charge in [0, 0.05) is 26.7 Å². The van der Waals surface area contributed by atoms with Crippen LogP contribution in [0, 0.1) is 0 Å². The molecule has 1 N–H and O–H groups in total. The van der Waals surface area contributed by atoms with Crippen LogP contribution in [0.25, 0.3) is 0 Å². The van der Waals surface area contributed by atoms with Gasteiger partial charge in [0.25, 0.3) is 0 Å². The summed E-state index contributed by atoms with van der Waals surface area (Å²) in [6.45, 7) is 5.48.